The highest BCUT2D eigenvalue weighted by atomic mass is 32.2. The number of carbonyl (C=O) groups is 2. The van der Waals surface area contributed by atoms with E-state index < -0.39 is 27.8 Å². The average Bonchev–Trinajstić information content (AvgIpc) is 2.58. The molecule has 3 N–H and O–H groups in total. The average molecular weight is 386 g/mol. The number of amides is 1. The molecule has 0 bridgehead atoms. The second kappa shape index (κ2) is 10.2. The maximum absolute atomic E-state index is 12.1. The fourth-order valence-electron chi connectivity index (χ4n) is 2.31. The highest BCUT2D eigenvalue weighted by Gasteiger charge is 2.20. The molecule has 146 valence electrons. The Morgan fingerprint density at radius 3 is 2.31 bits per heavy atom. The van der Waals surface area contributed by atoms with Gasteiger partial charge in [-0.1, -0.05) is 13.8 Å². The number of benzene rings is 1. The minimum atomic E-state index is -3.66. The summed E-state index contributed by atoms with van der Waals surface area (Å²) in [7, 11) is -2.19. The Bertz CT molecular complexity index is 700. The molecule has 1 rings (SSSR count). The van der Waals surface area contributed by atoms with Gasteiger partial charge in [-0.25, -0.2) is 13.1 Å². The number of hydrogen-bond acceptors (Lipinski definition) is 5. The van der Waals surface area contributed by atoms with Gasteiger partial charge in [-0.2, -0.15) is 0 Å². The second-order valence-corrected chi connectivity index (χ2v) is 8.06. The van der Waals surface area contributed by atoms with Crippen LogP contribution in [0.5, 0.6) is 0 Å². The quantitative estimate of drug-likeness (QED) is 0.489. The van der Waals surface area contributed by atoms with Gasteiger partial charge < -0.3 is 15.2 Å². The summed E-state index contributed by atoms with van der Waals surface area (Å²) < 4.78 is 31.3. The molecular formula is C17H26N2O6S. The molecule has 0 heterocycles. The normalized spacial score (nSPS) is 12.8. The fourth-order valence-corrected chi connectivity index (χ4v) is 3.32. The first-order valence-corrected chi connectivity index (χ1v) is 9.75. The zero-order chi connectivity index (χ0) is 19.7. The maximum Gasteiger partial charge on any atom is 0.308 e. The molecule has 0 aliphatic rings. The predicted octanol–water partition coefficient (Wildman–Crippen LogP) is 1.09. The van der Waals surface area contributed by atoms with Crippen molar-refractivity contribution in [2.45, 2.75) is 25.2 Å². The van der Waals surface area contributed by atoms with Crippen molar-refractivity contribution in [3.8, 4) is 0 Å². The Balaban J connectivity index is 2.70. The third kappa shape index (κ3) is 7.11. The van der Waals surface area contributed by atoms with Crippen molar-refractivity contribution in [2.24, 2.45) is 11.8 Å². The van der Waals surface area contributed by atoms with Crippen molar-refractivity contribution in [1.29, 1.82) is 0 Å². The van der Waals surface area contributed by atoms with E-state index in [2.05, 4.69) is 10.0 Å². The molecule has 0 spiro atoms. The lowest BCUT2D eigenvalue weighted by Crippen LogP contribution is -2.33. The monoisotopic (exact) mass is 386 g/mol. The number of ether oxygens (including phenoxy) is 1. The van der Waals surface area contributed by atoms with Crippen molar-refractivity contribution in [2.75, 3.05) is 26.8 Å². The summed E-state index contributed by atoms with van der Waals surface area (Å²) in [5.74, 6) is -1.87. The van der Waals surface area contributed by atoms with Crippen LogP contribution < -0.4 is 10.0 Å². The number of carboxylic acids is 1. The fraction of sp³-hybridized carbons (Fsp3) is 0.529. The van der Waals surface area contributed by atoms with Gasteiger partial charge in [-0.3, -0.25) is 9.59 Å². The summed E-state index contributed by atoms with van der Waals surface area (Å²) in [5, 5.41) is 11.8. The first-order valence-electron chi connectivity index (χ1n) is 8.27. The maximum atomic E-state index is 12.1. The van der Waals surface area contributed by atoms with Gasteiger partial charge in [0.1, 0.15) is 0 Å². The van der Waals surface area contributed by atoms with E-state index in [1.807, 2.05) is 13.8 Å². The van der Waals surface area contributed by atoms with Crippen LogP contribution in [0.4, 0.5) is 0 Å². The first-order chi connectivity index (χ1) is 12.2. The largest absolute Gasteiger partial charge is 0.481 e. The third-order valence-corrected chi connectivity index (χ3v) is 5.12. The zero-order valence-electron chi connectivity index (χ0n) is 15.2. The summed E-state index contributed by atoms with van der Waals surface area (Å²) in [4.78, 5) is 23.4. The summed E-state index contributed by atoms with van der Waals surface area (Å²) in [6.45, 7) is 4.24. The van der Waals surface area contributed by atoms with Crippen LogP contribution >= 0.6 is 0 Å². The van der Waals surface area contributed by atoms with Gasteiger partial charge in [-0.15, -0.1) is 0 Å². The highest BCUT2D eigenvalue weighted by Crippen LogP contribution is 2.13. The summed E-state index contributed by atoms with van der Waals surface area (Å²) in [5.41, 5.74) is 0.259. The van der Waals surface area contributed by atoms with E-state index in [9.17, 15) is 23.1 Å². The Labute approximate surface area is 154 Å². The summed E-state index contributed by atoms with van der Waals surface area (Å²) in [6, 6.07) is 5.43. The van der Waals surface area contributed by atoms with E-state index in [0.717, 1.165) is 0 Å². The van der Waals surface area contributed by atoms with Crippen LogP contribution in [-0.4, -0.2) is 52.2 Å². The van der Waals surface area contributed by atoms with Crippen LogP contribution in [0.1, 0.15) is 30.6 Å². The summed E-state index contributed by atoms with van der Waals surface area (Å²) in [6.07, 6.45) is 0.458. The molecule has 0 fully saturated rings. The molecule has 1 aromatic carbocycles. The molecule has 0 aliphatic carbocycles. The second-order valence-electron chi connectivity index (χ2n) is 6.29. The first kappa shape index (κ1) is 22.1. The molecule has 1 atom stereocenters. The molecule has 26 heavy (non-hydrogen) atoms. The topological polar surface area (TPSA) is 122 Å². The van der Waals surface area contributed by atoms with E-state index in [-0.39, 0.29) is 36.1 Å². The predicted molar refractivity (Wildman–Crippen MR) is 96.4 cm³/mol. The van der Waals surface area contributed by atoms with Crippen molar-refractivity contribution in [3.63, 3.8) is 0 Å². The molecule has 1 aromatic rings. The van der Waals surface area contributed by atoms with Gasteiger partial charge in [0.05, 0.1) is 17.4 Å². The number of carbonyl (C=O) groups excluding carboxylic acids is 1. The Morgan fingerprint density at radius 1 is 1.19 bits per heavy atom. The molecule has 1 amide bonds. The van der Waals surface area contributed by atoms with E-state index in [1.54, 1.807) is 0 Å². The lowest BCUT2D eigenvalue weighted by molar-refractivity contribution is -0.142. The smallest absolute Gasteiger partial charge is 0.308 e. The number of carboxylic acid groups (broad SMARTS) is 1. The van der Waals surface area contributed by atoms with Crippen LogP contribution in [-0.2, 0) is 19.6 Å². The van der Waals surface area contributed by atoms with Crippen LogP contribution in [0, 0.1) is 11.8 Å². The van der Waals surface area contributed by atoms with E-state index in [0.29, 0.717) is 6.42 Å². The van der Waals surface area contributed by atoms with Crippen LogP contribution in [0.25, 0.3) is 0 Å². The van der Waals surface area contributed by atoms with E-state index in [4.69, 9.17) is 4.74 Å². The van der Waals surface area contributed by atoms with Crippen LogP contribution in [0.2, 0.25) is 0 Å². The summed E-state index contributed by atoms with van der Waals surface area (Å²) >= 11 is 0. The van der Waals surface area contributed by atoms with Gasteiger partial charge in [0.25, 0.3) is 5.91 Å². The molecular weight excluding hydrogens is 360 g/mol. The highest BCUT2D eigenvalue weighted by molar-refractivity contribution is 7.89. The van der Waals surface area contributed by atoms with Gasteiger partial charge in [-0.05, 0) is 36.6 Å². The van der Waals surface area contributed by atoms with E-state index in [1.165, 1.54) is 31.4 Å². The number of hydrogen-bond donors (Lipinski definition) is 3. The number of methoxy groups -OCH3 is 1. The van der Waals surface area contributed by atoms with Crippen molar-refractivity contribution in [3.05, 3.63) is 29.8 Å². The van der Waals surface area contributed by atoms with Gasteiger partial charge in [0.15, 0.2) is 0 Å². The van der Waals surface area contributed by atoms with Crippen molar-refractivity contribution >= 4 is 21.9 Å². The van der Waals surface area contributed by atoms with E-state index >= 15 is 0 Å². The minimum absolute atomic E-state index is 0.0188. The zero-order valence-corrected chi connectivity index (χ0v) is 16.0. The molecule has 0 aromatic heterocycles. The van der Waals surface area contributed by atoms with Gasteiger partial charge in [0, 0.05) is 25.8 Å². The Kier molecular flexibility index (Phi) is 8.70. The lowest BCUT2D eigenvalue weighted by Gasteiger charge is -2.15. The molecule has 1 unspecified atom stereocenters. The Hall–Kier alpha value is -1.97. The molecule has 0 saturated carbocycles. The van der Waals surface area contributed by atoms with Crippen LogP contribution in [0.3, 0.4) is 0 Å². The molecule has 0 saturated heterocycles. The number of rotatable bonds is 11. The molecule has 9 heteroatoms. The van der Waals surface area contributed by atoms with Gasteiger partial charge >= 0.3 is 5.97 Å². The van der Waals surface area contributed by atoms with Gasteiger partial charge in [0.2, 0.25) is 10.0 Å². The van der Waals surface area contributed by atoms with Crippen LogP contribution in [0.15, 0.2) is 29.2 Å². The SMILES string of the molecule is COCCNS(=O)(=O)c1ccc(C(=O)NCC(CC(C)C)C(=O)O)cc1. The third-order valence-electron chi connectivity index (χ3n) is 3.64. The molecule has 0 radical (unpaired) electrons. The number of sulfonamides is 1. The standard InChI is InChI=1S/C17H26N2O6S/c1-12(2)10-14(17(21)22)11-18-16(20)13-4-6-15(7-5-13)26(23,24)19-8-9-25-3/h4-7,12,14,19H,8-11H2,1-3H3,(H,18,20)(H,21,22). The van der Waals surface area contributed by atoms with Crippen molar-refractivity contribution < 1.29 is 27.9 Å². The number of aliphatic carboxylic acids is 1. The molecule has 0 aliphatic heterocycles. The minimum Gasteiger partial charge on any atom is -0.481 e. The van der Waals surface area contributed by atoms with Crippen molar-refractivity contribution in [1.82, 2.24) is 10.0 Å². The lowest BCUT2D eigenvalue weighted by atomic mass is 9.97. The Morgan fingerprint density at radius 2 is 1.81 bits per heavy atom. The number of nitrogens with one attached hydrogen (secondary N) is 2. The molecule has 8 nitrogen and oxygen atoms in total.